The lowest BCUT2D eigenvalue weighted by Gasteiger charge is -2.48. The molecule has 10 rings (SSSR count). The van der Waals surface area contributed by atoms with Crippen molar-refractivity contribution in [2.24, 2.45) is 0 Å². The average Bonchev–Trinajstić information content (AvgIpc) is 3.42. The molecule has 11 atom stereocenters. The Kier molecular flexibility index (Phi) is 23.4. The molecule has 13 heteroatoms. The number of ether oxygens (including phenoxy) is 11. The lowest BCUT2D eigenvalue weighted by Crippen LogP contribution is -2.62. The van der Waals surface area contributed by atoms with Crippen molar-refractivity contribution in [3.8, 4) is 0 Å². The number of carbonyl (C=O) groups excluding carboxylic acids is 1. The number of benzene rings is 7. The highest BCUT2D eigenvalue weighted by Crippen LogP contribution is 2.39. The lowest BCUT2D eigenvalue weighted by molar-refractivity contribution is -0.281. The van der Waals surface area contributed by atoms with Crippen LogP contribution in [0, 0.1) is 0 Å². The number of carbonyl (C=O) groups is 1. The van der Waals surface area contributed by atoms with Crippen LogP contribution >= 0.6 is 0 Å². The van der Waals surface area contributed by atoms with E-state index in [4.69, 9.17) is 52.1 Å². The molecule has 3 aliphatic heterocycles. The Bertz CT molecular complexity index is 3140. The maximum Gasteiger partial charge on any atom is 0.413 e. The van der Waals surface area contributed by atoms with Crippen LogP contribution in [0.25, 0.3) is 0 Å². The lowest BCUT2D eigenvalue weighted by atomic mass is 9.87. The van der Waals surface area contributed by atoms with Gasteiger partial charge in [0.2, 0.25) is 0 Å². The van der Waals surface area contributed by atoms with Gasteiger partial charge >= 0.3 is 6.09 Å². The van der Waals surface area contributed by atoms with E-state index >= 15 is 0 Å². The molecular weight excluding hydrogens is 1110 g/mol. The van der Waals surface area contributed by atoms with E-state index in [2.05, 4.69) is 91.0 Å². The van der Waals surface area contributed by atoms with Gasteiger partial charge < -0.3 is 52.1 Å². The van der Waals surface area contributed by atoms with Gasteiger partial charge in [-0.05, 0) is 92.8 Å². The van der Waals surface area contributed by atoms with Crippen LogP contribution in [-0.4, -0.2) is 103 Å². The molecule has 0 N–H and O–H groups in total. The van der Waals surface area contributed by atoms with Crippen LogP contribution < -0.4 is 0 Å². The number of nitrogens with zero attached hydrogens (tertiary/aromatic N) is 1. The fourth-order valence-corrected chi connectivity index (χ4v) is 11.8. The zero-order valence-electron chi connectivity index (χ0n) is 51.5. The Hall–Kier alpha value is -6.85. The molecule has 13 nitrogen and oxygen atoms in total. The van der Waals surface area contributed by atoms with Crippen LogP contribution in [0.15, 0.2) is 224 Å². The molecule has 0 spiro atoms. The van der Waals surface area contributed by atoms with E-state index in [0.717, 1.165) is 38.9 Å². The van der Waals surface area contributed by atoms with Crippen molar-refractivity contribution in [3.63, 3.8) is 0 Å². The van der Waals surface area contributed by atoms with Gasteiger partial charge in [-0.25, -0.2) is 4.79 Å². The number of hydrogen-bond donors (Lipinski definition) is 0. The summed E-state index contributed by atoms with van der Waals surface area (Å²) in [5.74, 6) is 0. The van der Waals surface area contributed by atoms with Crippen molar-refractivity contribution in [2.75, 3.05) is 13.2 Å². The van der Waals surface area contributed by atoms with Crippen molar-refractivity contribution in [2.45, 2.75) is 179 Å². The van der Waals surface area contributed by atoms with Gasteiger partial charge in [0.15, 0.2) is 0 Å². The molecule has 0 aliphatic carbocycles. The summed E-state index contributed by atoms with van der Waals surface area (Å²) >= 11 is 0. The van der Waals surface area contributed by atoms with Crippen molar-refractivity contribution >= 4 is 6.09 Å². The molecular formula is C75H87NO12. The smallest absolute Gasteiger partial charge is 0.413 e. The largest absolute Gasteiger partial charge is 0.444 e. The molecule has 3 aliphatic rings. The predicted octanol–water partition coefficient (Wildman–Crippen LogP) is 14.3. The molecule has 0 aromatic heterocycles. The highest BCUT2D eigenvalue weighted by atomic mass is 16.6. The van der Waals surface area contributed by atoms with Crippen molar-refractivity contribution < 1.29 is 56.9 Å². The van der Waals surface area contributed by atoms with Crippen molar-refractivity contribution in [1.82, 2.24) is 4.90 Å². The molecule has 0 radical (unpaired) electrons. The highest BCUT2D eigenvalue weighted by Gasteiger charge is 2.52. The number of hydrogen-bond acceptors (Lipinski definition) is 12. The molecule has 464 valence electrons. The third-order valence-corrected chi connectivity index (χ3v) is 16.1. The highest BCUT2D eigenvalue weighted by molar-refractivity contribution is 5.70. The fourth-order valence-electron chi connectivity index (χ4n) is 11.8. The third kappa shape index (κ3) is 18.6. The van der Waals surface area contributed by atoms with E-state index in [1.807, 2.05) is 168 Å². The SMILES string of the molecule is CC(C)(C)OC(=O)N1[C@@H](/C=C/C[C@H]2O[C@H](CC[C@@H]3O[C@H](COCc4ccccc4)[C@@H](OCc4ccccc4)[C@H](OCc4ccccc4)[C@H]3OCc3ccccc3)[C@@H](OCc3ccccc3)[C@H](OCc3ccccc3)[C@H]2OCc2ccccc2)COC1(C)C. The first-order valence-electron chi connectivity index (χ1n) is 31.1. The number of amides is 1. The maximum atomic E-state index is 13.9. The normalized spacial score (nSPS) is 24.6. The van der Waals surface area contributed by atoms with E-state index in [1.165, 1.54) is 0 Å². The summed E-state index contributed by atoms with van der Waals surface area (Å²) in [6.07, 6.45) is -1.00. The standard InChI is InChI=1S/C75H87NO12/c1-74(2,3)88-73(77)76-62(53-85-75(76,4)5)42-27-43-63-67(79-47-56-30-15-7-16-31-56)71(83-51-60-38-23-11-24-39-60)68(80-48-57-32-17-8-18-33-57)64(86-63)44-45-65-69(81-49-58-34-19-9-20-35-58)72(84-52-61-40-25-12-26-41-61)70(82-50-59-36-21-10-22-37-59)66(87-65)54-78-46-55-28-13-6-14-29-55/h6-42,62-72H,43-54H2,1-5H3/b42-27+/t62-,63+,64+,65-,66+,67-,68+,69-,70+,71+,72+/m0/s1. The van der Waals surface area contributed by atoms with E-state index in [-0.39, 0.29) is 6.61 Å². The van der Waals surface area contributed by atoms with Crippen molar-refractivity contribution in [3.05, 3.63) is 263 Å². The van der Waals surface area contributed by atoms with E-state index in [1.54, 1.807) is 4.90 Å². The van der Waals surface area contributed by atoms with Gasteiger partial charge in [-0.2, -0.15) is 0 Å². The molecule has 7 aromatic rings. The molecule has 1 amide bonds. The van der Waals surface area contributed by atoms with Crippen LogP contribution in [0.4, 0.5) is 4.79 Å². The van der Waals surface area contributed by atoms with Gasteiger partial charge in [-0.3, -0.25) is 4.90 Å². The molecule has 0 bridgehead atoms. The summed E-state index contributed by atoms with van der Waals surface area (Å²) in [7, 11) is 0. The van der Waals surface area contributed by atoms with Crippen molar-refractivity contribution in [1.29, 1.82) is 0 Å². The van der Waals surface area contributed by atoms with Gasteiger partial charge in [0, 0.05) is 0 Å². The average molecular weight is 1190 g/mol. The van der Waals surface area contributed by atoms with Crippen LogP contribution in [-0.2, 0) is 98.4 Å². The molecule has 7 aromatic carbocycles. The summed E-state index contributed by atoms with van der Waals surface area (Å²) in [4.78, 5) is 15.6. The first kappa shape index (κ1) is 64.1. The summed E-state index contributed by atoms with van der Waals surface area (Å²) in [6.45, 7) is 12.1. The zero-order valence-corrected chi connectivity index (χ0v) is 51.5. The molecule has 0 unspecified atom stereocenters. The van der Waals surface area contributed by atoms with Gasteiger partial charge in [0.1, 0.15) is 54.1 Å². The van der Waals surface area contributed by atoms with Crippen LogP contribution in [0.5, 0.6) is 0 Å². The summed E-state index contributed by atoms with van der Waals surface area (Å²) in [5, 5.41) is 0. The van der Waals surface area contributed by atoms with Gasteiger partial charge in [0.05, 0.1) is 83.8 Å². The summed E-state index contributed by atoms with van der Waals surface area (Å²) < 4.78 is 76.9. The second-order valence-electron chi connectivity index (χ2n) is 24.4. The molecule has 0 saturated carbocycles. The first-order chi connectivity index (χ1) is 42.9. The minimum atomic E-state index is -0.901. The minimum Gasteiger partial charge on any atom is -0.444 e. The minimum absolute atomic E-state index is 0.225. The third-order valence-electron chi connectivity index (χ3n) is 16.1. The quantitative estimate of drug-likeness (QED) is 0.0434. The Labute approximate surface area is 520 Å². The zero-order chi connectivity index (χ0) is 61.0. The second kappa shape index (κ2) is 32.1. The monoisotopic (exact) mass is 1190 g/mol. The van der Waals surface area contributed by atoms with E-state index < -0.39 is 84.5 Å². The topological polar surface area (TPSA) is 122 Å². The first-order valence-corrected chi connectivity index (χ1v) is 31.1. The number of rotatable bonds is 28. The van der Waals surface area contributed by atoms with Crippen LogP contribution in [0.3, 0.4) is 0 Å². The van der Waals surface area contributed by atoms with E-state index in [0.29, 0.717) is 72.1 Å². The predicted molar refractivity (Wildman–Crippen MR) is 338 cm³/mol. The Morgan fingerprint density at radius 2 is 0.750 bits per heavy atom. The molecule has 3 heterocycles. The van der Waals surface area contributed by atoms with E-state index in [9.17, 15) is 4.79 Å². The van der Waals surface area contributed by atoms with Crippen LogP contribution in [0.2, 0.25) is 0 Å². The van der Waals surface area contributed by atoms with Gasteiger partial charge in [-0.1, -0.05) is 224 Å². The molecule has 3 saturated heterocycles. The fraction of sp³-hybridized carbons (Fsp3) is 0.400. The summed E-state index contributed by atoms with van der Waals surface area (Å²) in [6, 6.07) is 70.9. The second-order valence-corrected chi connectivity index (χ2v) is 24.4. The molecule has 3 fully saturated rings. The van der Waals surface area contributed by atoms with Crippen LogP contribution in [0.1, 0.15) is 92.8 Å². The molecule has 88 heavy (non-hydrogen) atoms. The van der Waals surface area contributed by atoms with Gasteiger partial charge in [0.25, 0.3) is 0 Å². The Balaban J connectivity index is 1.02. The van der Waals surface area contributed by atoms with Gasteiger partial charge in [-0.15, -0.1) is 0 Å². The Morgan fingerprint density at radius 1 is 0.443 bits per heavy atom. The summed E-state index contributed by atoms with van der Waals surface area (Å²) in [5.41, 5.74) is 5.53. The Morgan fingerprint density at radius 3 is 1.10 bits per heavy atom. The maximum absolute atomic E-state index is 13.9.